The molecule has 0 heterocycles. The van der Waals surface area contributed by atoms with Gasteiger partial charge in [-0.1, -0.05) is 56.5 Å². The van der Waals surface area contributed by atoms with Crippen LogP contribution >= 0.6 is 0 Å². The summed E-state index contributed by atoms with van der Waals surface area (Å²) >= 11 is 0. The lowest BCUT2D eigenvalue weighted by molar-refractivity contribution is -0.128. The predicted molar refractivity (Wildman–Crippen MR) is 118 cm³/mol. The molecule has 0 aliphatic carbocycles. The minimum atomic E-state index is -0.158. The Morgan fingerprint density at radius 2 is 1.69 bits per heavy atom. The number of hydrogen-bond donors (Lipinski definition) is 1. The van der Waals surface area contributed by atoms with Crippen molar-refractivity contribution in [3.8, 4) is 5.75 Å². The molecule has 0 fully saturated rings. The van der Waals surface area contributed by atoms with Crippen LogP contribution in [-0.2, 0) is 9.53 Å². The Bertz CT molecular complexity index is 727. The zero-order chi connectivity index (χ0) is 21.5. The van der Waals surface area contributed by atoms with Gasteiger partial charge in [0.15, 0.2) is 5.78 Å². The lowest BCUT2D eigenvalue weighted by Gasteiger charge is -2.21. The SMILES string of the molecule is CCCCCCOC=O.CCN(CC)c1ccc(C(=O)c2ccccc2)c(O)c1. The Labute approximate surface area is 174 Å². The van der Waals surface area contributed by atoms with E-state index < -0.39 is 0 Å². The largest absolute Gasteiger partial charge is 0.507 e. The summed E-state index contributed by atoms with van der Waals surface area (Å²) in [4.78, 5) is 24.1. The van der Waals surface area contributed by atoms with Crippen molar-refractivity contribution >= 4 is 17.9 Å². The molecular formula is C24H33NO4. The maximum Gasteiger partial charge on any atom is 0.293 e. The fourth-order valence-corrected chi connectivity index (χ4v) is 2.90. The summed E-state index contributed by atoms with van der Waals surface area (Å²) in [5.74, 6) is -0.127. The maximum atomic E-state index is 12.3. The standard InChI is InChI=1S/C17H19NO2.C7H14O2/c1-3-18(4-2)14-10-11-15(16(19)12-14)17(20)13-8-6-5-7-9-13;1-2-3-4-5-6-9-7-8/h5-12,19H,3-4H2,1-2H3;7H,2-6H2,1H3. The zero-order valence-corrected chi connectivity index (χ0v) is 17.8. The maximum absolute atomic E-state index is 12.3. The third-order valence-electron chi connectivity index (χ3n) is 4.57. The molecule has 1 N–H and O–H groups in total. The van der Waals surface area contributed by atoms with Crippen LogP contribution in [0.25, 0.3) is 0 Å². The summed E-state index contributed by atoms with van der Waals surface area (Å²) in [7, 11) is 0. The van der Waals surface area contributed by atoms with E-state index in [0.717, 1.165) is 25.2 Å². The Morgan fingerprint density at radius 3 is 2.24 bits per heavy atom. The molecule has 0 saturated carbocycles. The summed E-state index contributed by atoms with van der Waals surface area (Å²) < 4.78 is 4.50. The number of ketones is 1. The average molecular weight is 400 g/mol. The number of benzene rings is 2. The van der Waals surface area contributed by atoms with Crippen LogP contribution < -0.4 is 4.90 Å². The van der Waals surface area contributed by atoms with Crippen molar-refractivity contribution in [3.63, 3.8) is 0 Å². The van der Waals surface area contributed by atoms with Gasteiger partial charge in [0.05, 0.1) is 12.2 Å². The van der Waals surface area contributed by atoms with Crippen molar-refractivity contribution in [2.75, 3.05) is 24.6 Å². The first-order valence-electron chi connectivity index (χ1n) is 10.3. The van der Waals surface area contributed by atoms with E-state index in [9.17, 15) is 14.7 Å². The summed E-state index contributed by atoms with van der Waals surface area (Å²) in [6.45, 7) is 9.09. The smallest absolute Gasteiger partial charge is 0.293 e. The van der Waals surface area contributed by atoms with Crippen molar-refractivity contribution in [1.82, 2.24) is 0 Å². The molecule has 0 atom stereocenters. The number of nitrogens with zero attached hydrogens (tertiary/aromatic N) is 1. The number of anilines is 1. The highest BCUT2D eigenvalue weighted by molar-refractivity contribution is 6.10. The first-order chi connectivity index (χ1) is 14.1. The first-order valence-corrected chi connectivity index (χ1v) is 10.3. The molecule has 2 aromatic rings. The van der Waals surface area contributed by atoms with Gasteiger partial charge in [-0.25, -0.2) is 0 Å². The van der Waals surface area contributed by atoms with Gasteiger partial charge in [0.25, 0.3) is 6.47 Å². The van der Waals surface area contributed by atoms with E-state index in [-0.39, 0.29) is 11.5 Å². The van der Waals surface area contributed by atoms with E-state index in [1.54, 1.807) is 24.3 Å². The second-order valence-corrected chi connectivity index (χ2v) is 6.60. The van der Waals surface area contributed by atoms with Crippen LogP contribution in [0.1, 0.15) is 62.4 Å². The van der Waals surface area contributed by atoms with Gasteiger partial charge in [-0.05, 0) is 32.4 Å². The normalized spacial score (nSPS) is 9.90. The zero-order valence-electron chi connectivity index (χ0n) is 17.8. The van der Waals surface area contributed by atoms with Crippen LogP contribution in [0.5, 0.6) is 5.75 Å². The molecule has 0 spiro atoms. The summed E-state index contributed by atoms with van der Waals surface area (Å²) in [6, 6.07) is 14.2. The fourth-order valence-electron chi connectivity index (χ4n) is 2.90. The van der Waals surface area contributed by atoms with Gasteiger partial charge >= 0.3 is 0 Å². The molecule has 0 aromatic heterocycles. The molecule has 2 rings (SSSR count). The van der Waals surface area contributed by atoms with Gasteiger partial charge in [-0.2, -0.15) is 0 Å². The second kappa shape index (κ2) is 14.2. The summed E-state index contributed by atoms with van der Waals surface area (Å²) in [5, 5.41) is 10.1. The molecule has 0 amide bonds. The minimum Gasteiger partial charge on any atom is -0.507 e. The number of rotatable bonds is 11. The highest BCUT2D eigenvalue weighted by Crippen LogP contribution is 2.26. The molecule has 2 aromatic carbocycles. The molecule has 0 aliphatic rings. The Kier molecular flexibility index (Phi) is 11.9. The Morgan fingerprint density at radius 1 is 1.00 bits per heavy atom. The first kappa shape index (κ1) is 24.2. The van der Waals surface area contributed by atoms with Crippen LogP contribution in [-0.4, -0.2) is 37.1 Å². The number of phenolic OH excluding ortho intramolecular Hbond substituents is 1. The Balaban J connectivity index is 0.000000396. The van der Waals surface area contributed by atoms with Gasteiger partial charge < -0.3 is 14.7 Å². The van der Waals surface area contributed by atoms with Crippen molar-refractivity contribution < 1.29 is 19.4 Å². The van der Waals surface area contributed by atoms with E-state index in [1.807, 2.05) is 24.3 Å². The summed E-state index contributed by atoms with van der Waals surface area (Å²) in [6.07, 6.45) is 4.64. The van der Waals surface area contributed by atoms with Gasteiger partial charge in [0.1, 0.15) is 5.75 Å². The van der Waals surface area contributed by atoms with Crippen molar-refractivity contribution in [2.45, 2.75) is 46.5 Å². The van der Waals surface area contributed by atoms with E-state index in [1.165, 1.54) is 19.3 Å². The van der Waals surface area contributed by atoms with Crippen molar-refractivity contribution in [2.24, 2.45) is 0 Å². The molecule has 0 aliphatic heterocycles. The van der Waals surface area contributed by atoms with Gasteiger partial charge in [-0.15, -0.1) is 0 Å². The van der Waals surface area contributed by atoms with Crippen LogP contribution in [0.4, 0.5) is 5.69 Å². The minimum absolute atomic E-state index is 0.0308. The molecule has 0 bridgehead atoms. The second-order valence-electron chi connectivity index (χ2n) is 6.60. The number of unbranched alkanes of at least 4 members (excludes halogenated alkanes) is 3. The van der Waals surface area contributed by atoms with E-state index in [4.69, 9.17) is 0 Å². The molecule has 0 unspecified atom stereocenters. The van der Waals surface area contributed by atoms with Gasteiger partial charge in [0, 0.05) is 30.4 Å². The average Bonchev–Trinajstić information content (AvgIpc) is 2.75. The number of carbonyl (C=O) groups excluding carboxylic acids is 2. The van der Waals surface area contributed by atoms with Crippen molar-refractivity contribution in [3.05, 3.63) is 59.7 Å². The van der Waals surface area contributed by atoms with Gasteiger partial charge in [0.2, 0.25) is 0 Å². The van der Waals surface area contributed by atoms with Crippen LogP contribution in [0.2, 0.25) is 0 Å². The van der Waals surface area contributed by atoms with Crippen molar-refractivity contribution in [1.29, 1.82) is 0 Å². The third-order valence-corrected chi connectivity index (χ3v) is 4.57. The van der Waals surface area contributed by atoms with E-state index in [2.05, 4.69) is 30.4 Å². The monoisotopic (exact) mass is 399 g/mol. The van der Waals surface area contributed by atoms with Crippen LogP contribution in [0, 0.1) is 0 Å². The number of phenols is 1. The number of ether oxygens (including phenoxy) is 1. The topological polar surface area (TPSA) is 66.8 Å². The third kappa shape index (κ3) is 8.38. The fraction of sp³-hybridized carbons (Fsp3) is 0.417. The number of carbonyl (C=O) groups is 2. The molecule has 5 heteroatoms. The lowest BCUT2D eigenvalue weighted by Crippen LogP contribution is -2.21. The molecular weight excluding hydrogens is 366 g/mol. The van der Waals surface area contributed by atoms with E-state index in [0.29, 0.717) is 24.2 Å². The molecule has 0 radical (unpaired) electrons. The number of aromatic hydroxyl groups is 1. The quantitative estimate of drug-likeness (QED) is 0.319. The highest BCUT2D eigenvalue weighted by atomic mass is 16.5. The number of hydrogen-bond acceptors (Lipinski definition) is 5. The van der Waals surface area contributed by atoms with Crippen LogP contribution in [0.15, 0.2) is 48.5 Å². The molecule has 158 valence electrons. The lowest BCUT2D eigenvalue weighted by atomic mass is 10.0. The van der Waals surface area contributed by atoms with Gasteiger partial charge in [-0.3, -0.25) is 9.59 Å². The molecule has 5 nitrogen and oxygen atoms in total. The van der Waals surface area contributed by atoms with E-state index >= 15 is 0 Å². The predicted octanol–water partition coefficient (Wildman–Crippen LogP) is 5.21. The molecule has 29 heavy (non-hydrogen) atoms. The Hall–Kier alpha value is -2.82. The molecule has 0 saturated heterocycles. The summed E-state index contributed by atoms with van der Waals surface area (Å²) in [5.41, 5.74) is 1.85. The van der Waals surface area contributed by atoms with Crippen LogP contribution in [0.3, 0.4) is 0 Å². The highest BCUT2D eigenvalue weighted by Gasteiger charge is 2.14.